The van der Waals surface area contributed by atoms with Gasteiger partial charge in [0, 0.05) is 31.1 Å². The van der Waals surface area contributed by atoms with Crippen LogP contribution >= 0.6 is 11.3 Å². The van der Waals surface area contributed by atoms with Crippen molar-refractivity contribution in [1.82, 2.24) is 9.21 Å². The predicted octanol–water partition coefficient (Wildman–Crippen LogP) is 2.64. The van der Waals surface area contributed by atoms with Crippen LogP contribution in [0.25, 0.3) is 0 Å². The molecule has 3 atom stereocenters. The summed E-state index contributed by atoms with van der Waals surface area (Å²) in [6.07, 6.45) is 1.17. The van der Waals surface area contributed by atoms with Crippen LogP contribution in [0, 0.1) is 11.8 Å². The van der Waals surface area contributed by atoms with Gasteiger partial charge in [-0.15, -0.1) is 11.3 Å². The summed E-state index contributed by atoms with van der Waals surface area (Å²) in [6.45, 7) is 3.79. The molecule has 2 aromatic rings. The van der Waals surface area contributed by atoms with Gasteiger partial charge in [0.1, 0.15) is 16.1 Å². The highest BCUT2D eigenvalue weighted by molar-refractivity contribution is 7.91. The average Bonchev–Trinajstić information content (AvgIpc) is 3.54. The molecule has 1 aromatic heterocycles. The van der Waals surface area contributed by atoms with Crippen molar-refractivity contribution in [3.8, 4) is 5.75 Å². The highest BCUT2D eigenvalue weighted by Crippen LogP contribution is 2.33. The molecular formula is C24H31N3O6S2. The summed E-state index contributed by atoms with van der Waals surface area (Å²) in [7, 11) is -2.17. The van der Waals surface area contributed by atoms with Gasteiger partial charge in [0.2, 0.25) is 5.91 Å². The lowest BCUT2D eigenvalue weighted by atomic mass is 9.99. The molecule has 2 aliphatic rings. The van der Waals surface area contributed by atoms with Gasteiger partial charge in [-0.05, 0) is 49.4 Å². The predicted molar refractivity (Wildman–Crippen MR) is 133 cm³/mol. The number of likely N-dealkylation sites (N-methyl/N-ethyl adjacent to an activating group) is 1. The van der Waals surface area contributed by atoms with Crippen LogP contribution in [0.4, 0.5) is 5.69 Å². The number of amides is 2. The molecule has 0 radical (unpaired) electrons. The fraction of sp³-hybridized carbons (Fsp3) is 0.500. The van der Waals surface area contributed by atoms with Crippen molar-refractivity contribution >= 4 is 38.9 Å². The van der Waals surface area contributed by atoms with Crippen molar-refractivity contribution < 1.29 is 27.9 Å². The van der Waals surface area contributed by atoms with E-state index in [9.17, 15) is 23.1 Å². The van der Waals surface area contributed by atoms with E-state index in [2.05, 4.69) is 5.32 Å². The van der Waals surface area contributed by atoms with Gasteiger partial charge in [-0.25, -0.2) is 8.42 Å². The Morgan fingerprint density at radius 1 is 1.34 bits per heavy atom. The summed E-state index contributed by atoms with van der Waals surface area (Å²) >= 11 is 1.15. The SMILES string of the molecule is C[C@@H]1CN([C@H](C)CO)C(=O)c2cc(NC(=O)C3CC3)ccc2O[C@@H]1CN(C)S(=O)(=O)c1cccs1. The van der Waals surface area contributed by atoms with Crippen molar-refractivity contribution in [3.63, 3.8) is 0 Å². The first-order valence-electron chi connectivity index (χ1n) is 11.6. The number of rotatable bonds is 8. The van der Waals surface area contributed by atoms with Crippen LogP contribution in [0.5, 0.6) is 5.75 Å². The zero-order chi connectivity index (χ0) is 25.3. The fourth-order valence-electron chi connectivity index (χ4n) is 4.02. The van der Waals surface area contributed by atoms with E-state index >= 15 is 0 Å². The van der Waals surface area contributed by atoms with Gasteiger partial charge in [0.15, 0.2) is 0 Å². The van der Waals surface area contributed by atoms with Gasteiger partial charge in [0.05, 0.1) is 24.8 Å². The molecule has 1 aliphatic heterocycles. The monoisotopic (exact) mass is 521 g/mol. The van der Waals surface area contributed by atoms with Crippen LogP contribution in [0.3, 0.4) is 0 Å². The molecule has 35 heavy (non-hydrogen) atoms. The third-order valence-corrected chi connectivity index (χ3v) is 9.67. The Hall–Kier alpha value is -2.47. The number of aliphatic hydroxyl groups excluding tert-OH is 1. The Morgan fingerprint density at radius 3 is 2.71 bits per heavy atom. The van der Waals surface area contributed by atoms with Gasteiger partial charge in [-0.1, -0.05) is 13.0 Å². The first kappa shape index (κ1) is 25.6. The Balaban J connectivity index is 1.65. The highest BCUT2D eigenvalue weighted by Gasteiger charge is 2.36. The van der Waals surface area contributed by atoms with Crippen LogP contribution in [0.2, 0.25) is 0 Å². The number of nitrogens with one attached hydrogen (secondary N) is 1. The van der Waals surface area contributed by atoms with Gasteiger partial charge in [-0.3, -0.25) is 9.59 Å². The molecule has 190 valence electrons. The Labute approximate surface area is 209 Å². The number of sulfonamides is 1. The minimum atomic E-state index is -3.68. The zero-order valence-electron chi connectivity index (χ0n) is 20.0. The maximum atomic E-state index is 13.5. The lowest BCUT2D eigenvalue weighted by molar-refractivity contribution is -0.117. The number of carbonyl (C=O) groups is 2. The quantitative estimate of drug-likeness (QED) is 0.552. The summed E-state index contributed by atoms with van der Waals surface area (Å²) in [6, 6.07) is 7.71. The number of hydrogen-bond donors (Lipinski definition) is 2. The first-order chi connectivity index (χ1) is 16.6. The number of anilines is 1. The largest absolute Gasteiger partial charge is 0.488 e. The molecule has 2 amide bonds. The molecule has 0 spiro atoms. The lowest BCUT2D eigenvalue weighted by Crippen LogP contribution is -2.50. The average molecular weight is 522 g/mol. The minimum Gasteiger partial charge on any atom is -0.488 e. The number of aliphatic hydroxyl groups is 1. The Morgan fingerprint density at radius 2 is 2.09 bits per heavy atom. The van der Waals surface area contributed by atoms with Crippen molar-refractivity contribution in [2.45, 2.75) is 43.0 Å². The number of nitrogens with zero attached hydrogens (tertiary/aromatic N) is 2. The summed E-state index contributed by atoms with van der Waals surface area (Å²) in [5.74, 6) is -0.282. The van der Waals surface area contributed by atoms with E-state index in [1.165, 1.54) is 11.4 Å². The Bertz CT molecular complexity index is 1180. The summed E-state index contributed by atoms with van der Waals surface area (Å²) < 4.78 is 33.8. The number of thiophene rings is 1. The summed E-state index contributed by atoms with van der Waals surface area (Å²) in [5, 5.41) is 14.4. The van der Waals surface area contributed by atoms with Gasteiger partial charge in [-0.2, -0.15) is 4.31 Å². The number of benzene rings is 1. The normalized spacial score (nSPS) is 21.6. The van der Waals surface area contributed by atoms with Crippen LogP contribution in [0.15, 0.2) is 39.9 Å². The molecule has 0 unspecified atom stereocenters. The van der Waals surface area contributed by atoms with Crippen LogP contribution in [-0.2, 0) is 14.8 Å². The second kappa shape index (κ2) is 10.3. The zero-order valence-corrected chi connectivity index (χ0v) is 21.6. The van der Waals surface area contributed by atoms with Crippen molar-refractivity contribution in [1.29, 1.82) is 0 Å². The molecule has 1 aliphatic carbocycles. The summed E-state index contributed by atoms with van der Waals surface area (Å²) in [5.41, 5.74) is 0.760. The minimum absolute atomic E-state index is 0.0148. The molecule has 0 saturated heterocycles. The van der Waals surface area contributed by atoms with Gasteiger partial charge >= 0.3 is 0 Å². The van der Waals surface area contributed by atoms with Gasteiger partial charge in [0.25, 0.3) is 15.9 Å². The fourth-order valence-corrected chi connectivity index (χ4v) is 6.41. The maximum absolute atomic E-state index is 13.5. The molecular weight excluding hydrogens is 490 g/mol. The second-order valence-electron chi connectivity index (χ2n) is 9.31. The standard InChI is InChI=1S/C24H31N3O6S2/c1-15-12-27(16(2)14-28)24(30)19-11-18(25-23(29)17-6-7-17)8-9-20(19)33-21(15)13-26(3)35(31,32)22-5-4-10-34-22/h4-5,8-11,15-17,21,28H,6-7,12-14H2,1-3H3,(H,25,29)/t15-,16-,21-/m1/s1. The molecule has 9 nitrogen and oxygen atoms in total. The van der Waals surface area contributed by atoms with E-state index in [-0.39, 0.29) is 53.1 Å². The molecule has 2 heterocycles. The third kappa shape index (κ3) is 5.53. The second-order valence-corrected chi connectivity index (χ2v) is 12.5. The molecule has 1 saturated carbocycles. The van der Waals surface area contributed by atoms with Crippen LogP contribution in [0.1, 0.15) is 37.0 Å². The van der Waals surface area contributed by atoms with E-state index in [0.29, 0.717) is 11.4 Å². The van der Waals surface area contributed by atoms with Crippen molar-refractivity contribution in [3.05, 3.63) is 41.3 Å². The number of fused-ring (bicyclic) bond motifs is 1. The maximum Gasteiger partial charge on any atom is 0.258 e. The number of carbonyl (C=O) groups excluding carboxylic acids is 2. The van der Waals surface area contributed by atoms with E-state index < -0.39 is 22.2 Å². The van der Waals surface area contributed by atoms with Gasteiger partial charge < -0.3 is 20.1 Å². The molecule has 11 heteroatoms. The topological polar surface area (TPSA) is 116 Å². The molecule has 2 N–H and O–H groups in total. The van der Waals surface area contributed by atoms with Crippen molar-refractivity contribution in [2.24, 2.45) is 11.8 Å². The first-order valence-corrected chi connectivity index (χ1v) is 14.0. The molecule has 4 rings (SSSR count). The van der Waals surface area contributed by atoms with E-state index in [0.717, 1.165) is 24.2 Å². The molecule has 1 fully saturated rings. The highest BCUT2D eigenvalue weighted by atomic mass is 32.2. The lowest BCUT2D eigenvalue weighted by Gasteiger charge is -2.38. The molecule has 0 bridgehead atoms. The molecule has 1 aromatic carbocycles. The summed E-state index contributed by atoms with van der Waals surface area (Å²) in [4.78, 5) is 27.3. The smallest absolute Gasteiger partial charge is 0.258 e. The number of ether oxygens (including phenoxy) is 1. The van der Waals surface area contributed by atoms with E-state index in [1.807, 2.05) is 6.92 Å². The van der Waals surface area contributed by atoms with E-state index in [1.54, 1.807) is 47.5 Å². The third-order valence-electron chi connectivity index (χ3n) is 6.48. The Kier molecular flexibility index (Phi) is 7.51. The van der Waals surface area contributed by atoms with Crippen LogP contribution in [-0.4, -0.2) is 73.4 Å². The van der Waals surface area contributed by atoms with E-state index in [4.69, 9.17) is 4.74 Å². The van der Waals surface area contributed by atoms with Crippen molar-refractivity contribution in [2.75, 3.05) is 32.1 Å². The van der Waals surface area contributed by atoms with Crippen LogP contribution < -0.4 is 10.1 Å². The number of hydrogen-bond acceptors (Lipinski definition) is 7.